The second-order valence-electron chi connectivity index (χ2n) is 5.05. The number of aromatic nitrogens is 1. The number of thioether (sulfide) groups is 2. The zero-order chi connectivity index (χ0) is 14.0. The van der Waals surface area contributed by atoms with Gasteiger partial charge in [0.15, 0.2) is 0 Å². The molecule has 2 heterocycles. The predicted molar refractivity (Wildman–Crippen MR) is 86.2 cm³/mol. The lowest BCUT2D eigenvalue weighted by molar-refractivity contribution is 0.549. The van der Waals surface area contributed by atoms with E-state index in [1.807, 2.05) is 30.4 Å². The number of anilines is 1. The molecule has 5 N–H and O–H groups in total. The summed E-state index contributed by atoms with van der Waals surface area (Å²) in [5.74, 6) is 7.44. The van der Waals surface area contributed by atoms with Crippen LogP contribution in [0.5, 0.6) is 0 Å². The largest absolute Gasteiger partial charge is 0.383 e. The molecule has 2 rings (SSSR count). The van der Waals surface area contributed by atoms with Gasteiger partial charge in [0, 0.05) is 33.3 Å². The minimum atomic E-state index is 0.0554. The van der Waals surface area contributed by atoms with Crippen molar-refractivity contribution in [3.05, 3.63) is 23.4 Å². The van der Waals surface area contributed by atoms with E-state index < -0.39 is 0 Å². The number of nitrogen functional groups attached to an aromatic ring is 1. The topological polar surface area (TPSA) is 77.0 Å². The summed E-state index contributed by atoms with van der Waals surface area (Å²) < 4.78 is 0. The Morgan fingerprint density at radius 1 is 1.42 bits per heavy atom. The average molecular weight is 298 g/mol. The SMILES string of the molecule is Cc1cnc(N)c(C(NN)C2CSC(C)C(C)S2)c1. The number of aryl methyl sites for hydroxylation is 1. The van der Waals surface area contributed by atoms with E-state index in [-0.39, 0.29) is 6.04 Å². The third kappa shape index (κ3) is 3.37. The molecule has 4 atom stereocenters. The molecule has 4 nitrogen and oxygen atoms in total. The Hall–Kier alpha value is -0.430. The second-order valence-corrected chi connectivity index (χ2v) is 8.08. The zero-order valence-electron chi connectivity index (χ0n) is 11.6. The van der Waals surface area contributed by atoms with Crippen LogP contribution in [0.4, 0.5) is 5.82 Å². The van der Waals surface area contributed by atoms with Gasteiger partial charge in [-0.3, -0.25) is 11.3 Å². The van der Waals surface area contributed by atoms with Gasteiger partial charge in [-0.05, 0) is 18.6 Å². The van der Waals surface area contributed by atoms with Gasteiger partial charge in [0.2, 0.25) is 0 Å². The number of rotatable bonds is 3. The molecule has 6 heteroatoms. The lowest BCUT2D eigenvalue weighted by atomic mass is 10.0. The minimum absolute atomic E-state index is 0.0554. The van der Waals surface area contributed by atoms with Crippen LogP contribution < -0.4 is 17.0 Å². The van der Waals surface area contributed by atoms with Crippen LogP contribution in [0.15, 0.2) is 12.3 Å². The Morgan fingerprint density at radius 2 is 2.16 bits per heavy atom. The third-order valence-electron chi connectivity index (χ3n) is 3.55. The highest BCUT2D eigenvalue weighted by molar-refractivity contribution is 8.07. The Bertz CT molecular complexity index is 441. The van der Waals surface area contributed by atoms with Gasteiger partial charge in [-0.15, -0.1) is 0 Å². The molecular weight excluding hydrogens is 276 g/mol. The van der Waals surface area contributed by atoms with Crippen LogP contribution in [0.25, 0.3) is 0 Å². The van der Waals surface area contributed by atoms with Gasteiger partial charge in [0.1, 0.15) is 5.82 Å². The molecule has 0 aromatic carbocycles. The summed E-state index contributed by atoms with van der Waals surface area (Å²) >= 11 is 3.99. The Labute approximate surface area is 123 Å². The van der Waals surface area contributed by atoms with Gasteiger partial charge in [-0.25, -0.2) is 4.98 Å². The van der Waals surface area contributed by atoms with Crippen LogP contribution >= 0.6 is 23.5 Å². The molecule has 1 aliphatic heterocycles. The molecule has 1 aliphatic rings. The molecule has 0 saturated carbocycles. The van der Waals surface area contributed by atoms with Crippen molar-refractivity contribution in [3.63, 3.8) is 0 Å². The molecule has 0 spiro atoms. The molecule has 19 heavy (non-hydrogen) atoms. The van der Waals surface area contributed by atoms with Crippen LogP contribution in [0.3, 0.4) is 0 Å². The molecule has 0 radical (unpaired) electrons. The molecule has 106 valence electrons. The number of hydrazine groups is 1. The normalized spacial score (nSPS) is 29.2. The number of pyridine rings is 1. The summed E-state index contributed by atoms with van der Waals surface area (Å²) in [6.07, 6.45) is 1.79. The first-order chi connectivity index (χ1) is 9.02. The van der Waals surface area contributed by atoms with Gasteiger partial charge >= 0.3 is 0 Å². The van der Waals surface area contributed by atoms with Crippen molar-refractivity contribution in [1.29, 1.82) is 0 Å². The van der Waals surface area contributed by atoms with Crippen molar-refractivity contribution in [2.45, 2.75) is 42.6 Å². The first kappa shape index (κ1) is 15.0. The second kappa shape index (κ2) is 6.35. The fourth-order valence-corrected chi connectivity index (χ4v) is 5.32. The molecule has 0 bridgehead atoms. The Balaban J connectivity index is 2.22. The van der Waals surface area contributed by atoms with Gasteiger partial charge in [0.25, 0.3) is 0 Å². The van der Waals surface area contributed by atoms with Crippen molar-refractivity contribution in [3.8, 4) is 0 Å². The summed E-state index contributed by atoms with van der Waals surface area (Å²) in [5, 5.41) is 1.73. The van der Waals surface area contributed by atoms with Crippen molar-refractivity contribution in [2.24, 2.45) is 5.84 Å². The van der Waals surface area contributed by atoms with Crippen LogP contribution in [-0.4, -0.2) is 26.5 Å². The van der Waals surface area contributed by atoms with Gasteiger partial charge < -0.3 is 5.73 Å². The van der Waals surface area contributed by atoms with E-state index in [4.69, 9.17) is 11.6 Å². The van der Waals surface area contributed by atoms with E-state index in [0.717, 1.165) is 16.9 Å². The summed E-state index contributed by atoms with van der Waals surface area (Å²) in [4.78, 5) is 4.24. The lowest BCUT2D eigenvalue weighted by Gasteiger charge is -2.36. The number of nitrogens with zero attached hydrogens (tertiary/aromatic N) is 1. The quantitative estimate of drug-likeness (QED) is 0.586. The van der Waals surface area contributed by atoms with E-state index in [1.54, 1.807) is 6.20 Å². The number of hydrogen-bond donors (Lipinski definition) is 3. The standard InChI is InChI=1S/C13H22N4S2/c1-7-4-10(13(14)16-5-7)12(17-15)11-6-18-8(2)9(3)19-11/h4-5,8-9,11-12,17H,6,15H2,1-3H3,(H2,14,16). The van der Waals surface area contributed by atoms with E-state index in [2.05, 4.69) is 30.3 Å². The molecular formula is C13H22N4S2. The maximum atomic E-state index is 6.01. The van der Waals surface area contributed by atoms with Crippen molar-refractivity contribution in [1.82, 2.24) is 10.4 Å². The highest BCUT2D eigenvalue weighted by Gasteiger charge is 2.32. The van der Waals surface area contributed by atoms with Gasteiger partial charge in [0.05, 0.1) is 6.04 Å². The highest BCUT2D eigenvalue weighted by Crippen LogP contribution is 2.41. The van der Waals surface area contributed by atoms with Crippen LogP contribution in [-0.2, 0) is 0 Å². The summed E-state index contributed by atoms with van der Waals surface area (Å²) in [6, 6.07) is 2.14. The number of hydrogen-bond acceptors (Lipinski definition) is 6. The molecule has 1 aromatic heterocycles. The van der Waals surface area contributed by atoms with E-state index >= 15 is 0 Å². The first-order valence-corrected chi connectivity index (χ1v) is 8.47. The molecule has 1 aromatic rings. The average Bonchev–Trinajstić information content (AvgIpc) is 2.38. The fourth-order valence-electron chi connectivity index (χ4n) is 2.23. The predicted octanol–water partition coefficient (Wildman–Crippen LogP) is 2.10. The smallest absolute Gasteiger partial charge is 0.128 e. The van der Waals surface area contributed by atoms with Crippen LogP contribution in [0, 0.1) is 6.92 Å². The fraction of sp³-hybridized carbons (Fsp3) is 0.615. The van der Waals surface area contributed by atoms with E-state index in [0.29, 0.717) is 21.6 Å². The maximum absolute atomic E-state index is 6.01. The zero-order valence-corrected chi connectivity index (χ0v) is 13.2. The van der Waals surface area contributed by atoms with Crippen molar-refractivity contribution < 1.29 is 0 Å². The summed E-state index contributed by atoms with van der Waals surface area (Å²) in [6.45, 7) is 6.59. The lowest BCUT2D eigenvalue weighted by Crippen LogP contribution is -2.40. The molecule has 4 unspecified atom stereocenters. The van der Waals surface area contributed by atoms with Gasteiger partial charge in [-0.1, -0.05) is 13.8 Å². The summed E-state index contributed by atoms with van der Waals surface area (Å²) in [5.41, 5.74) is 11.1. The summed E-state index contributed by atoms with van der Waals surface area (Å²) in [7, 11) is 0. The number of nitrogens with one attached hydrogen (secondary N) is 1. The minimum Gasteiger partial charge on any atom is -0.383 e. The monoisotopic (exact) mass is 298 g/mol. The van der Waals surface area contributed by atoms with E-state index in [1.165, 1.54) is 0 Å². The maximum Gasteiger partial charge on any atom is 0.128 e. The van der Waals surface area contributed by atoms with Crippen molar-refractivity contribution in [2.75, 3.05) is 11.5 Å². The van der Waals surface area contributed by atoms with Crippen LogP contribution in [0.2, 0.25) is 0 Å². The Kier molecular flexibility index (Phi) is 5.00. The molecule has 1 fully saturated rings. The Morgan fingerprint density at radius 3 is 2.79 bits per heavy atom. The third-order valence-corrected chi connectivity index (χ3v) is 7.04. The van der Waals surface area contributed by atoms with E-state index in [9.17, 15) is 0 Å². The van der Waals surface area contributed by atoms with Crippen molar-refractivity contribution >= 4 is 29.3 Å². The van der Waals surface area contributed by atoms with Crippen LogP contribution in [0.1, 0.15) is 31.0 Å². The van der Waals surface area contributed by atoms with Gasteiger partial charge in [-0.2, -0.15) is 23.5 Å². The highest BCUT2D eigenvalue weighted by atomic mass is 32.2. The molecule has 0 amide bonds. The first-order valence-electron chi connectivity index (χ1n) is 6.48. The molecule has 1 saturated heterocycles. The number of nitrogens with two attached hydrogens (primary N) is 2. The molecule has 0 aliphatic carbocycles.